The first-order valence-corrected chi connectivity index (χ1v) is 5.79. The number of hydrogen-bond acceptors (Lipinski definition) is 3. The van der Waals surface area contributed by atoms with Crippen LogP contribution < -0.4 is 5.32 Å². The van der Waals surface area contributed by atoms with E-state index in [1.165, 1.54) is 0 Å². The first kappa shape index (κ1) is 11.8. The Morgan fingerprint density at radius 3 is 2.88 bits per heavy atom. The van der Waals surface area contributed by atoms with Gasteiger partial charge < -0.3 is 5.32 Å². The van der Waals surface area contributed by atoms with Gasteiger partial charge in [0, 0.05) is 19.4 Å². The van der Waals surface area contributed by atoms with Crippen molar-refractivity contribution in [1.29, 1.82) is 0 Å². The number of pyridine rings is 1. The second-order valence-electron chi connectivity index (χ2n) is 3.60. The number of carbonyl (C=O) groups excluding carboxylic acids is 1. The Hall–Kier alpha value is -1.69. The number of aryl methyl sites for hydroxylation is 2. The summed E-state index contributed by atoms with van der Waals surface area (Å²) in [6, 6.07) is 3.42. The first-order chi connectivity index (χ1) is 8.08. The fourth-order valence-electron chi connectivity index (χ4n) is 1.47. The number of carbonyl (C=O) groups is 1. The van der Waals surface area contributed by atoms with Crippen molar-refractivity contribution < 1.29 is 4.79 Å². The van der Waals surface area contributed by atoms with Gasteiger partial charge in [-0.15, -0.1) is 0 Å². The standard InChI is InChI=1S/C11H11BrN4O/c1-7-9(6-16(2)15-7)14-11(17)8-4-3-5-13-10(8)12/h3-6H,1-2H3,(H,14,17). The molecule has 1 amide bonds. The van der Waals surface area contributed by atoms with Gasteiger partial charge in [0.05, 0.1) is 16.9 Å². The molecule has 2 heterocycles. The lowest BCUT2D eigenvalue weighted by Crippen LogP contribution is -2.13. The highest BCUT2D eigenvalue weighted by Crippen LogP contribution is 2.17. The molecule has 0 radical (unpaired) electrons. The number of anilines is 1. The summed E-state index contributed by atoms with van der Waals surface area (Å²) < 4.78 is 2.18. The number of amides is 1. The van der Waals surface area contributed by atoms with Crippen LogP contribution in [0.1, 0.15) is 16.1 Å². The van der Waals surface area contributed by atoms with Gasteiger partial charge in [0.2, 0.25) is 0 Å². The molecular formula is C11H11BrN4O. The van der Waals surface area contributed by atoms with Gasteiger partial charge in [0.1, 0.15) is 4.60 Å². The predicted octanol–water partition coefficient (Wildman–Crippen LogP) is 2.14. The number of nitrogens with zero attached hydrogens (tertiary/aromatic N) is 3. The third-order valence-corrected chi connectivity index (χ3v) is 2.90. The van der Waals surface area contributed by atoms with Gasteiger partial charge >= 0.3 is 0 Å². The summed E-state index contributed by atoms with van der Waals surface area (Å²) in [4.78, 5) is 16.0. The van der Waals surface area contributed by atoms with Gasteiger partial charge in [-0.05, 0) is 35.0 Å². The van der Waals surface area contributed by atoms with Crippen molar-refractivity contribution in [3.05, 3.63) is 40.4 Å². The van der Waals surface area contributed by atoms with Gasteiger partial charge in [-0.3, -0.25) is 9.48 Å². The zero-order valence-electron chi connectivity index (χ0n) is 9.44. The Morgan fingerprint density at radius 1 is 1.53 bits per heavy atom. The molecule has 0 saturated heterocycles. The van der Waals surface area contributed by atoms with Gasteiger partial charge in [-0.1, -0.05) is 0 Å². The third kappa shape index (κ3) is 2.52. The summed E-state index contributed by atoms with van der Waals surface area (Å²) in [5, 5.41) is 6.95. The lowest BCUT2D eigenvalue weighted by Gasteiger charge is -2.04. The Kier molecular flexibility index (Phi) is 3.23. The summed E-state index contributed by atoms with van der Waals surface area (Å²) >= 11 is 3.24. The average Bonchev–Trinajstić information content (AvgIpc) is 2.58. The van der Waals surface area contributed by atoms with E-state index in [1.54, 1.807) is 29.2 Å². The lowest BCUT2D eigenvalue weighted by molar-refractivity contribution is 0.102. The van der Waals surface area contributed by atoms with Crippen LogP contribution in [0.4, 0.5) is 5.69 Å². The second kappa shape index (κ2) is 4.67. The van der Waals surface area contributed by atoms with E-state index in [0.29, 0.717) is 15.9 Å². The van der Waals surface area contributed by atoms with Crippen LogP contribution in [0.25, 0.3) is 0 Å². The molecule has 0 saturated carbocycles. The molecule has 2 aromatic heterocycles. The van der Waals surface area contributed by atoms with Crippen molar-refractivity contribution in [1.82, 2.24) is 14.8 Å². The Bertz CT molecular complexity index is 564. The summed E-state index contributed by atoms with van der Waals surface area (Å²) in [5.41, 5.74) is 1.98. The van der Waals surface area contributed by atoms with Gasteiger partial charge in [-0.2, -0.15) is 5.10 Å². The van der Waals surface area contributed by atoms with Crippen LogP contribution in [0.15, 0.2) is 29.1 Å². The molecule has 1 N–H and O–H groups in total. The maximum absolute atomic E-state index is 12.0. The lowest BCUT2D eigenvalue weighted by atomic mass is 10.2. The second-order valence-corrected chi connectivity index (χ2v) is 4.35. The molecule has 0 spiro atoms. The summed E-state index contributed by atoms with van der Waals surface area (Å²) in [7, 11) is 1.81. The van der Waals surface area contributed by atoms with Crippen molar-refractivity contribution in [3.8, 4) is 0 Å². The minimum Gasteiger partial charge on any atom is -0.319 e. The largest absolute Gasteiger partial charge is 0.319 e. The van der Waals surface area contributed by atoms with Crippen LogP contribution in [0.2, 0.25) is 0 Å². The van der Waals surface area contributed by atoms with Crippen molar-refractivity contribution in [2.45, 2.75) is 6.92 Å². The van der Waals surface area contributed by atoms with Gasteiger partial charge in [0.15, 0.2) is 0 Å². The molecule has 6 heteroatoms. The quantitative estimate of drug-likeness (QED) is 0.863. The Balaban J connectivity index is 2.23. The molecule has 0 atom stereocenters. The molecular weight excluding hydrogens is 284 g/mol. The number of aromatic nitrogens is 3. The maximum Gasteiger partial charge on any atom is 0.258 e. The molecule has 0 unspecified atom stereocenters. The summed E-state index contributed by atoms with van der Waals surface area (Å²) in [5.74, 6) is -0.207. The van der Waals surface area contributed by atoms with Crippen molar-refractivity contribution in [2.24, 2.45) is 7.05 Å². The predicted molar refractivity (Wildman–Crippen MR) is 67.8 cm³/mol. The molecule has 0 bridgehead atoms. The molecule has 88 valence electrons. The highest BCUT2D eigenvalue weighted by atomic mass is 79.9. The van der Waals surface area contributed by atoms with Gasteiger partial charge in [-0.25, -0.2) is 4.98 Å². The smallest absolute Gasteiger partial charge is 0.258 e. The van der Waals surface area contributed by atoms with E-state index in [4.69, 9.17) is 0 Å². The van der Waals surface area contributed by atoms with E-state index >= 15 is 0 Å². The fourth-order valence-corrected chi connectivity index (χ4v) is 1.90. The van der Waals surface area contributed by atoms with Crippen LogP contribution in [-0.2, 0) is 7.05 Å². The van der Waals surface area contributed by atoms with Crippen LogP contribution in [-0.4, -0.2) is 20.7 Å². The number of halogens is 1. The normalized spacial score (nSPS) is 10.3. The molecule has 17 heavy (non-hydrogen) atoms. The third-order valence-electron chi connectivity index (χ3n) is 2.27. The monoisotopic (exact) mass is 294 g/mol. The molecule has 0 fully saturated rings. The van der Waals surface area contributed by atoms with Crippen LogP contribution in [0, 0.1) is 6.92 Å². The molecule has 0 aliphatic rings. The molecule has 0 aliphatic heterocycles. The van der Waals surface area contributed by atoms with E-state index in [9.17, 15) is 4.79 Å². The molecule has 0 aliphatic carbocycles. The topological polar surface area (TPSA) is 59.8 Å². The average molecular weight is 295 g/mol. The highest BCUT2D eigenvalue weighted by molar-refractivity contribution is 9.10. The highest BCUT2D eigenvalue weighted by Gasteiger charge is 2.12. The minimum absolute atomic E-state index is 0.207. The van der Waals surface area contributed by atoms with Gasteiger partial charge in [0.25, 0.3) is 5.91 Å². The number of nitrogens with one attached hydrogen (secondary N) is 1. The van der Waals surface area contributed by atoms with Crippen LogP contribution in [0.5, 0.6) is 0 Å². The summed E-state index contributed by atoms with van der Waals surface area (Å²) in [6.07, 6.45) is 3.38. The Morgan fingerprint density at radius 2 is 2.29 bits per heavy atom. The number of hydrogen-bond donors (Lipinski definition) is 1. The zero-order valence-corrected chi connectivity index (χ0v) is 11.0. The summed E-state index contributed by atoms with van der Waals surface area (Å²) in [6.45, 7) is 1.84. The van der Waals surface area contributed by atoms with E-state index in [-0.39, 0.29) is 5.91 Å². The molecule has 2 rings (SSSR count). The zero-order chi connectivity index (χ0) is 12.4. The van der Waals surface area contributed by atoms with Crippen molar-refractivity contribution in [3.63, 3.8) is 0 Å². The van der Waals surface area contributed by atoms with E-state index in [0.717, 1.165) is 5.69 Å². The Labute approximate surface area is 107 Å². The van der Waals surface area contributed by atoms with Crippen molar-refractivity contribution in [2.75, 3.05) is 5.32 Å². The number of rotatable bonds is 2. The van der Waals surface area contributed by atoms with E-state index in [2.05, 4.69) is 31.3 Å². The molecule has 2 aromatic rings. The van der Waals surface area contributed by atoms with E-state index < -0.39 is 0 Å². The molecule has 5 nitrogen and oxygen atoms in total. The SMILES string of the molecule is Cc1nn(C)cc1NC(=O)c1cccnc1Br. The first-order valence-electron chi connectivity index (χ1n) is 5.00. The maximum atomic E-state index is 12.0. The van der Waals surface area contributed by atoms with E-state index in [1.807, 2.05) is 14.0 Å². The minimum atomic E-state index is -0.207. The van der Waals surface area contributed by atoms with Crippen molar-refractivity contribution >= 4 is 27.5 Å². The van der Waals surface area contributed by atoms with Crippen LogP contribution in [0.3, 0.4) is 0 Å². The molecule has 0 aromatic carbocycles. The van der Waals surface area contributed by atoms with Crippen LogP contribution >= 0.6 is 15.9 Å². The fraction of sp³-hybridized carbons (Fsp3) is 0.182.